The molecule has 0 amide bonds. The number of hydrogen-bond acceptors (Lipinski definition) is 3. The van der Waals surface area contributed by atoms with Crippen LogP contribution in [0.25, 0.3) is 5.69 Å². The second-order valence-electron chi connectivity index (χ2n) is 3.40. The molecule has 0 unspecified atom stereocenters. The largest absolute Gasteiger partial charge is 0.244 e. The van der Waals surface area contributed by atoms with Gasteiger partial charge in [-0.1, -0.05) is 25.4 Å². The molecule has 4 nitrogen and oxygen atoms in total. The van der Waals surface area contributed by atoms with E-state index in [0.29, 0.717) is 5.15 Å². The zero-order valence-corrected chi connectivity index (χ0v) is 10.1. The monoisotopic (exact) mass is 236 g/mol. The standard InChI is InChI=1S/C11H13ClN4/c1-3-10-14-11(4-2)16(15-10)8-5-6-13-9(12)7-8/h5-7H,3-4H2,1-2H3. The normalized spacial score (nSPS) is 10.7. The van der Waals surface area contributed by atoms with Crippen molar-refractivity contribution in [3.63, 3.8) is 0 Å². The van der Waals surface area contributed by atoms with Crippen molar-refractivity contribution >= 4 is 11.6 Å². The molecule has 16 heavy (non-hydrogen) atoms. The van der Waals surface area contributed by atoms with Crippen molar-refractivity contribution in [3.8, 4) is 5.69 Å². The van der Waals surface area contributed by atoms with Gasteiger partial charge in [0.2, 0.25) is 0 Å². The molecule has 0 saturated heterocycles. The second-order valence-corrected chi connectivity index (χ2v) is 3.79. The number of hydrogen-bond donors (Lipinski definition) is 0. The van der Waals surface area contributed by atoms with Gasteiger partial charge in [0.25, 0.3) is 0 Å². The van der Waals surface area contributed by atoms with Crippen LogP contribution in [0.5, 0.6) is 0 Å². The summed E-state index contributed by atoms with van der Waals surface area (Å²) in [4.78, 5) is 8.39. The lowest BCUT2D eigenvalue weighted by Crippen LogP contribution is -2.02. The van der Waals surface area contributed by atoms with Gasteiger partial charge in [-0.2, -0.15) is 5.10 Å². The van der Waals surface area contributed by atoms with Gasteiger partial charge in [-0.15, -0.1) is 0 Å². The molecule has 0 saturated carbocycles. The Hall–Kier alpha value is -1.42. The van der Waals surface area contributed by atoms with Crippen molar-refractivity contribution in [1.82, 2.24) is 19.7 Å². The predicted octanol–water partition coefficient (Wildman–Crippen LogP) is 2.44. The van der Waals surface area contributed by atoms with Crippen molar-refractivity contribution < 1.29 is 0 Å². The molecule has 2 rings (SSSR count). The van der Waals surface area contributed by atoms with Gasteiger partial charge in [0.05, 0.1) is 5.69 Å². The molecule has 0 aromatic carbocycles. The summed E-state index contributed by atoms with van der Waals surface area (Å²) >= 11 is 5.86. The van der Waals surface area contributed by atoms with E-state index in [4.69, 9.17) is 11.6 Å². The summed E-state index contributed by atoms with van der Waals surface area (Å²) in [6, 6.07) is 3.66. The van der Waals surface area contributed by atoms with Gasteiger partial charge in [-0.05, 0) is 6.07 Å². The van der Waals surface area contributed by atoms with E-state index < -0.39 is 0 Å². The molecule has 2 heterocycles. The van der Waals surface area contributed by atoms with E-state index in [1.807, 2.05) is 17.7 Å². The highest BCUT2D eigenvalue weighted by atomic mass is 35.5. The quantitative estimate of drug-likeness (QED) is 0.769. The Morgan fingerprint density at radius 3 is 2.75 bits per heavy atom. The van der Waals surface area contributed by atoms with Crippen LogP contribution in [0.4, 0.5) is 0 Å². The van der Waals surface area contributed by atoms with Crippen molar-refractivity contribution in [2.75, 3.05) is 0 Å². The second kappa shape index (κ2) is 4.61. The van der Waals surface area contributed by atoms with Crippen LogP contribution in [-0.4, -0.2) is 19.7 Å². The minimum atomic E-state index is 0.466. The summed E-state index contributed by atoms with van der Waals surface area (Å²) in [6.45, 7) is 4.10. The smallest absolute Gasteiger partial charge is 0.151 e. The molecule has 0 fully saturated rings. The zero-order chi connectivity index (χ0) is 11.5. The van der Waals surface area contributed by atoms with Gasteiger partial charge >= 0.3 is 0 Å². The van der Waals surface area contributed by atoms with Crippen molar-refractivity contribution in [2.45, 2.75) is 26.7 Å². The van der Waals surface area contributed by atoms with Crippen LogP contribution >= 0.6 is 11.6 Å². The van der Waals surface area contributed by atoms with E-state index in [-0.39, 0.29) is 0 Å². The van der Waals surface area contributed by atoms with Crippen LogP contribution in [0.2, 0.25) is 5.15 Å². The molecular weight excluding hydrogens is 224 g/mol. The van der Waals surface area contributed by atoms with E-state index in [2.05, 4.69) is 22.0 Å². The van der Waals surface area contributed by atoms with E-state index in [0.717, 1.165) is 30.2 Å². The topological polar surface area (TPSA) is 43.6 Å². The van der Waals surface area contributed by atoms with Gasteiger partial charge in [0.15, 0.2) is 5.82 Å². The third kappa shape index (κ3) is 2.07. The average Bonchev–Trinajstić information content (AvgIpc) is 2.72. The number of pyridine rings is 1. The van der Waals surface area contributed by atoms with Crippen LogP contribution in [-0.2, 0) is 12.8 Å². The van der Waals surface area contributed by atoms with Crippen LogP contribution in [0, 0.1) is 0 Å². The molecule has 0 spiro atoms. The molecule has 0 aliphatic rings. The molecule has 0 radical (unpaired) electrons. The predicted molar refractivity (Wildman–Crippen MR) is 62.9 cm³/mol. The van der Waals surface area contributed by atoms with E-state index in [1.54, 1.807) is 12.3 Å². The maximum Gasteiger partial charge on any atom is 0.151 e. The Morgan fingerprint density at radius 1 is 1.31 bits per heavy atom. The Labute approximate surface area is 99.3 Å². The minimum Gasteiger partial charge on any atom is -0.244 e. The number of halogens is 1. The van der Waals surface area contributed by atoms with Crippen LogP contribution in [0.1, 0.15) is 25.5 Å². The lowest BCUT2D eigenvalue weighted by molar-refractivity contribution is 0.789. The molecule has 2 aromatic heterocycles. The fourth-order valence-electron chi connectivity index (χ4n) is 1.50. The molecule has 5 heteroatoms. The fourth-order valence-corrected chi connectivity index (χ4v) is 1.67. The number of rotatable bonds is 3. The van der Waals surface area contributed by atoms with Gasteiger partial charge in [0.1, 0.15) is 11.0 Å². The van der Waals surface area contributed by atoms with Crippen molar-refractivity contribution in [1.29, 1.82) is 0 Å². The SMILES string of the molecule is CCc1nc(CC)n(-c2ccnc(Cl)c2)n1. The van der Waals surface area contributed by atoms with Crippen molar-refractivity contribution in [2.24, 2.45) is 0 Å². The van der Waals surface area contributed by atoms with Gasteiger partial charge in [0, 0.05) is 25.1 Å². The first-order valence-electron chi connectivity index (χ1n) is 5.31. The highest BCUT2D eigenvalue weighted by molar-refractivity contribution is 6.29. The molecule has 2 aromatic rings. The van der Waals surface area contributed by atoms with Crippen LogP contribution in [0.3, 0.4) is 0 Å². The Bertz CT molecular complexity index is 492. The maximum absolute atomic E-state index is 5.86. The summed E-state index contributed by atoms with van der Waals surface area (Å²) in [6.07, 6.45) is 3.34. The molecule has 0 bridgehead atoms. The van der Waals surface area contributed by atoms with Gasteiger partial charge in [-0.25, -0.2) is 14.6 Å². The Balaban J connectivity index is 2.50. The van der Waals surface area contributed by atoms with E-state index >= 15 is 0 Å². The molecule has 84 valence electrons. The third-order valence-corrected chi connectivity index (χ3v) is 2.51. The molecule has 0 aliphatic carbocycles. The van der Waals surface area contributed by atoms with Crippen LogP contribution < -0.4 is 0 Å². The fraction of sp³-hybridized carbons (Fsp3) is 0.364. The highest BCUT2D eigenvalue weighted by Crippen LogP contribution is 2.14. The summed E-state index contributed by atoms with van der Waals surface area (Å²) in [7, 11) is 0. The summed E-state index contributed by atoms with van der Waals surface area (Å²) < 4.78 is 1.83. The number of nitrogens with zero attached hydrogens (tertiary/aromatic N) is 4. The first kappa shape index (κ1) is 11.1. The summed E-state index contributed by atoms with van der Waals surface area (Å²) in [5, 5.41) is 4.90. The molecule has 0 atom stereocenters. The molecule has 0 aliphatic heterocycles. The Morgan fingerprint density at radius 2 is 2.12 bits per heavy atom. The summed E-state index contributed by atoms with van der Waals surface area (Å²) in [5.74, 6) is 1.80. The summed E-state index contributed by atoms with van der Waals surface area (Å²) in [5.41, 5.74) is 0.907. The number of aryl methyl sites for hydroxylation is 2. The number of aromatic nitrogens is 4. The molecular formula is C11H13ClN4. The first-order chi connectivity index (χ1) is 7.74. The average molecular weight is 237 g/mol. The van der Waals surface area contributed by atoms with Gasteiger partial charge in [-0.3, -0.25) is 0 Å². The van der Waals surface area contributed by atoms with Gasteiger partial charge < -0.3 is 0 Å². The zero-order valence-electron chi connectivity index (χ0n) is 9.31. The first-order valence-corrected chi connectivity index (χ1v) is 5.69. The minimum absolute atomic E-state index is 0.466. The lowest BCUT2D eigenvalue weighted by atomic mass is 10.4. The van der Waals surface area contributed by atoms with Crippen LogP contribution in [0.15, 0.2) is 18.3 Å². The Kier molecular flexibility index (Phi) is 3.19. The third-order valence-electron chi connectivity index (χ3n) is 2.31. The van der Waals surface area contributed by atoms with E-state index in [9.17, 15) is 0 Å². The maximum atomic E-state index is 5.86. The lowest BCUT2D eigenvalue weighted by Gasteiger charge is -2.03. The van der Waals surface area contributed by atoms with Crippen molar-refractivity contribution in [3.05, 3.63) is 35.1 Å². The highest BCUT2D eigenvalue weighted by Gasteiger charge is 2.09. The van der Waals surface area contributed by atoms with E-state index in [1.165, 1.54) is 0 Å². The molecule has 0 N–H and O–H groups in total.